The van der Waals surface area contributed by atoms with Gasteiger partial charge in [-0.25, -0.2) is 0 Å². The van der Waals surface area contributed by atoms with Crippen molar-refractivity contribution in [3.05, 3.63) is 59.7 Å². The number of fused-ring (bicyclic) bond motifs is 1. The van der Waals surface area contributed by atoms with Crippen LogP contribution in [0.2, 0.25) is 0 Å². The van der Waals surface area contributed by atoms with Crippen LogP contribution in [0.3, 0.4) is 0 Å². The van der Waals surface area contributed by atoms with Gasteiger partial charge in [-0.1, -0.05) is 30.3 Å². The lowest BCUT2D eigenvalue weighted by Gasteiger charge is -2.19. The molecule has 3 heteroatoms. The second-order valence-corrected chi connectivity index (χ2v) is 5.22. The van der Waals surface area contributed by atoms with E-state index in [9.17, 15) is 0 Å². The van der Waals surface area contributed by atoms with Gasteiger partial charge in [-0.2, -0.15) is 0 Å². The smallest absolute Gasteiger partial charge is 0.123 e. The SMILES string of the molecule is Nc1ccc(CCN2CCOc3ccccc3C2)cc1. The summed E-state index contributed by atoms with van der Waals surface area (Å²) in [6.45, 7) is 3.75. The molecule has 0 saturated heterocycles. The first kappa shape index (κ1) is 13.0. The van der Waals surface area contributed by atoms with Crippen molar-refractivity contribution in [2.45, 2.75) is 13.0 Å². The van der Waals surface area contributed by atoms with Crippen LogP contribution in [0.1, 0.15) is 11.1 Å². The van der Waals surface area contributed by atoms with E-state index in [1.165, 1.54) is 11.1 Å². The van der Waals surface area contributed by atoms with Gasteiger partial charge in [0.05, 0.1) is 0 Å². The van der Waals surface area contributed by atoms with E-state index in [0.29, 0.717) is 0 Å². The number of rotatable bonds is 3. The molecule has 1 aliphatic heterocycles. The summed E-state index contributed by atoms with van der Waals surface area (Å²) in [6, 6.07) is 16.5. The number of ether oxygens (including phenoxy) is 1. The van der Waals surface area contributed by atoms with E-state index in [1.54, 1.807) is 0 Å². The molecule has 0 fully saturated rings. The van der Waals surface area contributed by atoms with Gasteiger partial charge in [0.15, 0.2) is 0 Å². The van der Waals surface area contributed by atoms with Gasteiger partial charge in [-0.3, -0.25) is 4.90 Å². The first-order valence-electron chi connectivity index (χ1n) is 7.09. The molecular formula is C17H20N2O. The zero-order valence-corrected chi connectivity index (χ0v) is 11.6. The highest BCUT2D eigenvalue weighted by molar-refractivity contribution is 5.39. The number of nitrogens with zero attached hydrogens (tertiary/aromatic N) is 1. The number of benzene rings is 2. The lowest BCUT2D eigenvalue weighted by molar-refractivity contribution is 0.228. The number of hydrogen-bond acceptors (Lipinski definition) is 3. The van der Waals surface area contributed by atoms with Crippen molar-refractivity contribution >= 4 is 5.69 Å². The normalized spacial score (nSPS) is 15.2. The van der Waals surface area contributed by atoms with Crippen LogP contribution < -0.4 is 10.5 Å². The summed E-state index contributed by atoms with van der Waals surface area (Å²) in [6.07, 6.45) is 1.04. The molecule has 0 unspecified atom stereocenters. The quantitative estimate of drug-likeness (QED) is 0.870. The molecule has 0 atom stereocenters. The second-order valence-electron chi connectivity index (χ2n) is 5.22. The summed E-state index contributed by atoms with van der Waals surface area (Å²) >= 11 is 0. The number of anilines is 1. The van der Waals surface area contributed by atoms with E-state index in [-0.39, 0.29) is 0 Å². The minimum absolute atomic E-state index is 0.763. The molecule has 2 aromatic carbocycles. The van der Waals surface area contributed by atoms with Gasteiger partial charge in [0.2, 0.25) is 0 Å². The van der Waals surface area contributed by atoms with Crippen molar-refractivity contribution in [2.24, 2.45) is 0 Å². The molecule has 2 aromatic rings. The highest BCUT2D eigenvalue weighted by atomic mass is 16.5. The highest BCUT2D eigenvalue weighted by Gasteiger charge is 2.14. The number of nitrogens with two attached hydrogens (primary N) is 1. The molecule has 1 heterocycles. The van der Waals surface area contributed by atoms with Gasteiger partial charge < -0.3 is 10.5 Å². The fraction of sp³-hybridized carbons (Fsp3) is 0.294. The predicted molar refractivity (Wildman–Crippen MR) is 81.8 cm³/mol. The third kappa shape index (κ3) is 3.11. The van der Waals surface area contributed by atoms with E-state index in [4.69, 9.17) is 10.5 Å². The molecule has 0 amide bonds. The standard InChI is InChI=1S/C17H20N2O/c18-16-7-5-14(6-8-16)9-10-19-11-12-20-17-4-2-1-3-15(17)13-19/h1-8H,9-13,18H2. The first-order chi connectivity index (χ1) is 9.81. The summed E-state index contributed by atoms with van der Waals surface area (Å²) < 4.78 is 5.79. The molecule has 20 heavy (non-hydrogen) atoms. The Morgan fingerprint density at radius 2 is 1.85 bits per heavy atom. The zero-order valence-electron chi connectivity index (χ0n) is 11.6. The maximum absolute atomic E-state index is 5.79. The third-order valence-electron chi connectivity index (χ3n) is 3.73. The van der Waals surface area contributed by atoms with Gasteiger partial charge in [0.25, 0.3) is 0 Å². The Bertz CT molecular complexity index is 565. The molecule has 1 aliphatic rings. The van der Waals surface area contributed by atoms with Crippen LogP contribution in [-0.2, 0) is 13.0 Å². The monoisotopic (exact) mass is 268 g/mol. The molecule has 0 radical (unpaired) electrons. The van der Waals surface area contributed by atoms with Crippen LogP contribution in [0.4, 0.5) is 5.69 Å². The van der Waals surface area contributed by atoms with E-state index in [1.807, 2.05) is 18.2 Å². The van der Waals surface area contributed by atoms with Crippen molar-refractivity contribution < 1.29 is 4.74 Å². The van der Waals surface area contributed by atoms with Gasteiger partial charge in [0, 0.05) is 30.9 Å². The van der Waals surface area contributed by atoms with E-state index in [0.717, 1.165) is 44.1 Å². The zero-order chi connectivity index (χ0) is 13.8. The summed E-state index contributed by atoms with van der Waals surface area (Å²) in [4.78, 5) is 2.45. The summed E-state index contributed by atoms with van der Waals surface area (Å²) in [5.74, 6) is 1.03. The van der Waals surface area contributed by atoms with Crippen LogP contribution in [0, 0.1) is 0 Å². The van der Waals surface area contributed by atoms with E-state index >= 15 is 0 Å². The van der Waals surface area contributed by atoms with E-state index in [2.05, 4.69) is 35.2 Å². The molecule has 0 aromatic heterocycles. The van der Waals surface area contributed by atoms with Crippen molar-refractivity contribution in [3.63, 3.8) is 0 Å². The Kier molecular flexibility index (Phi) is 3.88. The Hall–Kier alpha value is -2.00. The molecular weight excluding hydrogens is 248 g/mol. The van der Waals surface area contributed by atoms with Crippen molar-refractivity contribution in [2.75, 3.05) is 25.4 Å². The third-order valence-corrected chi connectivity index (χ3v) is 3.73. The van der Waals surface area contributed by atoms with Gasteiger partial charge in [-0.15, -0.1) is 0 Å². The lowest BCUT2D eigenvalue weighted by Crippen LogP contribution is -2.27. The van der Waals surface area contributed by atoms with Gasteiger partial charge in [-0.05, 0) is 30.2 Å². The van der Waals surface area contributed by atoms with E-state index < -0.39 is 0 Å². The van der Waals surface area contributed by atoms with Crippen molar-refractivity contribution in [1.82, 2.24) is 4.90 Å². The van der Waals surface area contributed by atoms with Crippen LogP contribution in [0.25, 0.3) is 0 Å². The average Bonchev–Trinajstić information content (AvgIpc) is 2.68. The molecule has 2 N–H and O–H groups in total. The fourth-order valence-corrected chi connectivity index (χ4v) is 2.54. The molecule has 3 rings (SSSR count). The molecule has 104 valence electrons. The topological polar surface area (TPSA) is 38.5 Å². The number of para-hydroxylation sites is 1. The molecule has 0 bridgehead atoms. The summed E-state index contributed by atoms with van der Waals surface area (Å²) in [7, 11) is 0. The molecule has 0 saturated carbocycles. The average molecular weight is 268 g/mol. The van der Waals surface area contributed by atoms with Crippen molar-refractivity contribution in [1.29, 1.82) is 0 Å². The van der Waals surface area contributed by atoms with Gasteiger partial charge >= 0.3 is 0 Å². The van der Waals surface area contributed by atoms with Crippen molar-refractivity contribution in [3.8, 4) is 5.75 Å². The summed E-state index contributed by atoms with van der Waals surface area (Å²) in [5.41, 5.74) is 9.15. The van der Waals surface area contributed by atoms with Crippen LogP contribution in [0.15, 0.2) is 48.5 Å². The number of hydrogen-bond donors (Lipinski definition) is 1. The van der Waals surface area contributed by atoms with Crippen LogP contribution in [0.5, 0.6) is 5.75 Å². The Morgan fingerprint density at radius 3 is 2.70 bits per heavy atom. The first-order valence-corrected chi connectivity index (χ1v) is 7.09. The number of nitrogen functional groups attached to an aromatic ring is 1. The maximum Gasteiger partial charge on any atom is 0.123 e. The van der Waals surface area contributed by atoms with Gasteiger partial charge in [0.1, 0.15) is 12.4 Å². The largest absolute Gasteiger partial charge is 0.492 e. The Balaban J connectivity index is 1.62. The van der Waals surface area contributed by atoms with Crippen LogP contribution in [-0.4, -0.2) is 24.6 Å². The molecule has 0 aliphatic carbocycles. The maximum atomic E-state index is 5.79. The minimum Gasteiger partial charge on any atom is -0.492 e. The fourth-order valence-electron chi connectivity index (χ4n) is 2.54. The summed E-state index contributed by atoms with van der Waals surface area (Å²) in [5, 5.41) is 0. The van der Waals surface area contributed by atoms with Crippen LogP contribution >= 0.6 is 0 Å². The lowest BCUT2D eigenvalue weighted by atomic mass is 10.1. The predicted octanol–water partition coefficient (Wildman–Crippen LogP) is 2.71. The Labute approximate surface area is 120 Å². The Morgan fingerprint density at radius 1 is 1.05 bits per heavy atom. The second kappa shape index (κ2) is 5.97. The highest BCUT2D eigenvalue weighted by Crippen LogP contribution is 2.22. The molecule has 0 spiro atoms. The molecule has 3 nitrogen and oxygen atoms in total. The minimum atomic E-state index is 0.763.